The Bertz CT molecular complexity index is 1570. The van der Waals surface area contributed by atoms with Crippen molar-refractivity contribution in [3.8, 4) is 17.1 Å². The van der Waals surface area contributed by atoms with E-state index in [2.05, 4.69) is 14.7 Å². The van der Waals surface area contributed by atoms with E-state index in [9.17, 15) is 18.3 Å². The number of nitrogens with two attached hydrogens (primary N) is 1. The minimum atomic E-state index is -4.19. The van der Waals surface area contributed by atoms with Gasteiger partial charge >= 0.3 is 5.97 Å². The Kier molecular flexibility index (Phi) is 7.47. The molecular weight excluding hydrogens is 552 g/mol. The van der Waals surface area contributed by atoms with Crippen LogP contribution in [0, 0.1) is 37.0 Å². The van der Waals surface area contributed by atoms with Gasteiger partial charge in [-0.05, 0) is 111 Å². The average Bonchev–Trinajstić information content (AvgIpc) is 2.90. The number of hydrogen-bond donors (Lipinski definition) is 3. The predicted octanol–water partition coefficient (Wildman–Crippen LogP) is 5.57. The minimum absolute atomic E-state index is 0.139. The van der Waals surface area contributed by atoms with Gasteiger partial charge in [0.05, 0.1) is 16.2 Å². The van der Waals surface area contributed by atoms with Crippen molar-refractivity contribution in [2.24, 2.45) is 28.9 Å². The first-order chi connectivity index (χ1) is 20.0. The molecule has 1 aromatic heterocycles. The van der Waals surface area contributed by atoms with Gasteiger partial charge in [-0.1, -0.05) is 24.3 Å². The number of sulfonamides is 1. The van der Waals surface area contributed by atoms with Crippen molar-refractivity contribution >= 4 is 21.9 Å². The van der Waals surface area contributed by atoms with Crippen LogP contribution in [0.3, 0.4) is 0 Å². The van der Waals surface area contributed by atoms with Crippen molar-refractivity contribution in [3.63, 3.8) is 0 Å². The fourth-order valence-corrected chi connectivity index (χ4v) is 9.20. The molecule has 1 atom stereocenters. The fraction of sp³-hybridized carbons (Fsp3) is 0.469. The van der Waals surface area contributed by atoms with E-state index in [1.54, 1.807) is 6.07 Å². The molecule has 1 unspecified atom stereocenters. The predicted molar refractivity (Wildman–Crippen MR) is 160 cm³/mol. The third kappa shape index (κ3) is 5.87. The van der Waals surface area contributed by atoms with Crippen LogP contribution in [0.2, 0.25) is 0 Å². The van der Waals surface area contributed by atoms with Gasteiger partial charge in [0, 0.05) is 17.7 Å². The molecule has 0 aliphatic heterocycles. The largest absolute Gasteiger partial charge is 0.478 e. The van der Waals surface area contributed by atoms with Crippen LogP contribution < -0.4 is 15.2 Å². The summed E-state index contributed by atoms with van der Waals surface area (Å²) < 4.78 is 35.1. The van der Waals surface area contributed by atoms with Gasteiger partial charge in [-0.2, -0.15) is 4.98 Å². The number of aromatic carboxylic acids is 1. The number of carboxylic acid groups (broad SMARTS) is 1. The second-order valence-corrected chi connectivity index (χ2v) is 14.5. The molecule has 0 spiro atoms. The van der Waals surface area contributed by atoms with E-state index in [1.165, 1.54) is 56.7 Å². The van der Waals surface area contributed by atoms with E-state index in [4.69, 9.17) is 10.5 Å². The van der Waals surface area contributed by atoms with Gasteiger partial charge in [0.2, 0.25) is 11.8 Å². The molecule has 1 heterocycles. The van der Waals surface area contributed by atoms with Crippen molar-refractivity contribution in [2.45, 2.75) is 69.7 Å². The number of carboxylic acids is 1. The summed E-state index contributed by atoms with van der Waals surface area (Å²) in [5.41, 5.74) is 10.2. The molecule has 0 radical (unpaired) electrons. The lowest BCUT2D eigenvalue weighted by molar-refractivity contribution is -0.0619. The molecule has 0 amide bonds. The van der Waals surface area contributed by atoms with Gasteiger partial charge in [-0.25, -0.2) is 22.9 Å². The highest BCUT2D eigenvalue weighted by Crippen LogP contribution is 2.61. The second kappa shape index (κ2) is 11.0. The Balaban J connectivity index is 1.25. The summed E-state index contributed by atoms with van der Waals surface area (Å²) in [7, 11) is -4.19. The maximum atomic E-state index is 13.2. The summed E-state index contributed by atoms with van der Waals surface area (Å²) in [5, 5.41) is 9.32. The molecular formula is C32H38N4O5S. The first kappa shape index (κ1) is 28.6. The molecule has 4 aliphatic rings. The van der Waals surface area contributed by atoms with Crippen molar-refractivity contribution in [3.05, 3.63) is 65.2 Å². The van der Waals surface area contributed by atoms with Crippen LogP contribution in [0.1, 0.15) is 66.4 Å². The third-order valence-electron chi connectivity index (χ3n) is 9.36. The number of aromatic nitrogens is 2. The molecule has 10 heteroatoms. The van der Waals surface area contributed by atoms with Gasteiger partial charge in [0.25, 0.3) is 10.0 Å². The molecule has 3 aromatic rings. The number of hydrogen-bond acceptors (Lipinski definition) is 7. The van der Waals surface area contributed by atoms with Gasteiger partial charge in [0.1, 0.15) is 6.61 Å². The molecule has 222 valence electrons. The third-order valence-corrected chi connectivity index (χ3v) is 10.7. The van der Waals surface area contributed by atoms with E-state index in [1.807, 2.05) is 32.0 Å². The van der Waals surface area contributed by atoms with Crippen LogP contribution in [0.15, 0.2) is 53.4 Å². The summed E-state index contributed by atoms with van der Waals surface area (Å²) >= 11 is 0. The Labute approximate surface area is 247 Å². The van der Waals surface area contributed by atoms with Gasteiger partial charge in [-0.3, -0.25) is 0 Å². The van der Waals surface area contributed by atoms with Crippen molar-refractivity contribution < 1.29 is 23.1 Å². The molecule has 2 aromatic carbocycles. The fourth-order valence-electron chi connectivity index (χ4n) is 8.21. The number of benzene rings is 2. The lowest BCUT2D eigenvalue weighted by Gasteiger charge is -2.57. The molecule has 4 bridgehead atoms. The van der Waals surface area contributed by atoms with Crippen LogP contribution in [-0.2, 0) is 10.0 Å². The highest BCUT2D eigenvalue weighted by atomic mass is 32.2. The number of ether oxygens (including phenoxy) is 1. The highest BCUT2D eigenvalue weighted by molar-refractivity contribution is 7.92. The number of aryl methyl sites for hydroxylation is 2. The molecule has 42 heavy (non-hydrogen) atoms. The lowest BCUT2D eigenvalue weighted by atomic mass is 9.48. The molecule has 4 N–H and O–H groups in total. The first-order valence-electron chi connectivity index (χ1n) is 14.7. The first-order valence-corrected chi connectivity index (χ1v) is 16.2. The van der Waals surface area contributed by atoms with Crippen molar-refractivity contribution in [2.75, 3.05) is 11.3 Å². The smallest absolute Gasteiger partial charge is 0.335 e. The van der Waals surface area contributed by atoms with E-state index in [0.717, 1.165) is 46.9 Å². The van der Waals surface area contributed by atoms with Crippen LogP contribution in [0.5, 0.6) is 5.88 Å². The van der Waals surface area contributed by atoms with Crippen LogP contribution in [0.4, 0.5) is 5.95 Å². The minimum Gasteiger partial charge on any atom is -0.478 e. The summed E-state index contributed by atoms with van der Waals surface area (Å²) in [4.78, 5) is 20.1. The maximum absolute atomic E-state index is 13.2. The van der Waals surface area contributed by atoms with Gasteiger partial charge in [0.15, 0.2) is 0 Å². The van der Waals surface area contributed by atoms with E-state index < -0.39 is 16.0 Å². The number of anilines is 1. The SMILES string of the molecule is Cc1cccc(C)c1-c1cc(OCC(N)CC23CC4CC(CC(C4)C2)C3)nc(NS(=O)(=O)c2cccc(C(=O)O)c2)n1. The molecule has 4 fully saturated rings. The van der Waals surface area contributed by atoms with E-state index >= 15 is 0 Å². The molecule has 9 nitrogen and oxygen atoms in total. The molecule has 4 saturated carbocycles. The summed E-state index contributed by atoms with van der Waals surface area (Å²) in [5.74, 6) is 1.37. The van der Waals surface area contributed by atoms with Crippen LogP contribution in [-0.4, -0.2) is 42.1 Å². The summed E-state index contributed by atoms with van der Waals surface area (Å²) in [6.07, 6.45) is 8.87. The Hall–Kier alpha value is -3.50. The van der Waals surface area contributed by atoms with E-state index in [0.29, 0.717) is 11.1 Å². The molecule has 0 saturated heterocycles. The number of nitrogens with zero attached hydrogens (tertiary/aromatic N) is 2. The van der Waals surface area contributed by atoms with Gasteiger partial charge < -0.3 is 15.6 Å². The quantitative estimate of drug-likeness (QED) is 0.278. The summed E-state index contributed by atoms with van der Waals surface area (Å²) in [6, 6.07) is 12.6. The second-order valence-electron chi connectivity index (χ2n) is 12.8. The number of carbonyl (C=O) groups is 1. The lowest BCUT2D eigenvalue weighted by Crippen LogP contribution is -2.49. The van der Waals surface area contributed by atoms with Crippen LogP contribution >= 0.6 is 0 Å². The zero-order valence-corrected chi connectivity index (χ0v) is 24.9. The van der Waals surface area contributed by atoms with Crippen LogP contribution in [0.25, 0.3) is 11.3 Å². The topological polar surface area (TPSA) is 144 Å². The molecule has 7 rings (SSSR count). The Morgan fingerprint density at radius 1 is 1.02 bits per heavy atom. The standard InChI is InChI=1S/C32H38N4O5S/c1-19-5-3-6-20(2)29(19)27-13-28(35-31(34-27)36-42(39,40)26-8-4-7-24(12-26)30(37)38)41-18-25(33)17-32-14-21-9-22(15-32)11-23(10-21)16-32/h3-8,12-13,21-23,25H,9-11,14-18,33H2,1-2H3,(H,37,38)(H,34,35,36). The number of rotatable bonds is 10. The summed E-state index contributed by atoms with van der Waals surface area (Å²) in [6.45, 7) is 4.19. The maximum Gasteiger partial charge on any atom is 0.335 e. The van der Waals surface area contributed by atoms with Crippen molar-refractivity contribution in [1.82, 2.24) is 9.97 Å². The normalized spacial score (nSPS) is 25.3. The highest BCUT2D eigenvalue weighted by Gasteiger charge is 2.51. The average molecular weight is 591 g/mol. The zero-order valence-electron chi connectivity index (χ0n) is 24.0. The zero-order chi connectivity index (χ0) is 29.6. The van der Waals surface area contributed by atoms with E-state index in [-0.39, 0.29) is 34.9 Å². The Morgan fingerprint density at radius 2 is 1.64 bits per heavy atom. The van der Waals surface area contributed by atoms with Gasteiger partial charge in [-0.15, -0.1) is 0 Å². The Morgan fingerprint density at radius 3 is 2.26 bits per heavy atom. The van der Waals surface area contributed by atoms with Crippen molar-refractivity contribution in [1.29, 1.82) is 0 Å². The molecule has 4 aliphatic carbocycles. The number of nitrogens with one attached hydrogen (secondary N) is 1. The monoisotopic (exact) mass is 590 g/mol.